The van der Waals surface area contributed by atoms with Crippen LogP contribution in [0.3, 0.4) is 0 Å². The van der Waals surface area contributed by atoms with E-state index in [-0.39, 0.29) is 11.9 Å². The fraction of sp³-hybridized carbons (Fsp3) is 0.571. The predicted octanol–water partition coefficient (Wildman–Crippen LogP) is 2.56. The highest BCUT2D eigenvalue weighted by atomic mass is 19.1. The molecule has 2 N–H and O–H groups in total. The van der Waals surface area contributed by atoms with E-state index in [1.807, 2.05) is 12.1 Å². The summed E-state index contributed by atoms with van der Waals surface area (Å²) in [6, 6.07) is 6.98. The van der Waals surface area contributed by atoms with Crippen molar-refractivity contribution in [3.05, 3.63) is 35.6 Å². The Kier molecular flexibility index (Phi) is 4.13. The van der Waals surface area contributed by atoms with E-state index in [9.17, 15) is 4.39 Å². The number of rotatable bonds is 3. The first kappa shape index (κ1) is 12.5. The van der Waals surface area contributed by atoms with Crippen molar-refractivity contribution >= 4 is 0 Å². The first-order valence-electron chi connectivity index (χ1n) is 6.40. The largest absolute Gasteiger partial charge is 0.329 e. The lowest BCUT2D eigenvalue weighted by atomic mass is 9.96. The molecule has 3 heteroatoms. The first-order chi connectivity index (χ1) is 8.20. The van der Waals surface area contributed by atoms with E-state index in [4.69, 9.17) is 5.73 Å². The van der Waals surface area contributed by atoms with Gasteiger partial charge in [-0.25, -0.2) is 4.39 Å². The molecule has 0 aromatic heterocycles. The van der Waals surface area contributed by atoms with Crippen LogP contribution in [-0.4, -0.2) is 24.5 Å². The van der Waals surface area contributed by atoms with Gasteiger partial charge < -0.3 is 5.73 Å². The highest BCUT2D eigenvalue weighted by Gasteiger charge is 2.23. The lowest BCUT2D eigenvalue weighted by Crippen LogP contribution is -2.40. The molecule has 1 aromatic rings. The second kappa shape index (κ2) is 5.61. The average Bonchev–Trinajstić information content (AvgIpc) is 2.33. The minimum absolute atomic E-state index is 0.184. The Morgan fingerprint density at radius 3 is 2.71 bits per heavy atom. The number of piperidine rings is 1. The maximum atomic E-state index is 12.9. The van der Waals surface area contributed by atoms with E-state index in [0.29, 0.717) is 6.54 Å². The molecule has 2 atom stereocenters. The van der Waals surface area contributed by atoms with Crippen LogP contribution in [0.5, 0.6) is 0 Å². The van der Waals surface area contributed by atoms with Crippen molar-refractivity contribution in [3.63, 3.8) is 0 Å². The third-order valence-corrected chi connectivity index (χ3v) is 3.61. The van der Waals surface area contributed by atoms with Gasteiger partial charge in [-0.2, -0.15) is 0 Å². The lowest BCUT2D eigenvalue weighted by molar-refractivity contribution is 0.133. The highest BCUT2D eigenvalue weighted by Crippen LogP contribution is 2.26. The van der Waals surface area contributed by atoms with Crippen molar-refractivity contribution < 1.29 is 4.39 Å². The van der Waals surface area contributed by atoms with Crippen LogP contribution in [0.1, 0.15) is 31.4 Å². The van der Waals surface area contributed by atoms with Crippen LogP contribution in [0.25, 0.3) is 0 Å². The summed E-state index contributed by atoms with van der Waals surface area (Å²) in [7, 11) is 0. The number of nitrogens with two attached hydrogens (primary N) is 1. The van der Waals surface area contributed by atoms with Gasteiger partial charge in [-0.15, -0.1) is 0 Å². The van der Waals surface area contributed by atoms with Gasteiger partial charge in [-0.3, -0.25) is 4.90 Å². The van der Waals surface area contributed by atoms with Gasteiger partial charge in [0.05, 0.1) is 0 Å². The van der Waals surface area contributed by atoms with Crippen molar-refractivity contribution in [1.29, 1.82) is 0 Å². The van der Waals surface area contributed by atoms with Crippen LogP contribution < -0.4 is 5.73 Å². The molecule has 0 radical (unpaired) electrons. The topological polar surface area (TPSA) is 29.3 Å². The minimum Gasteiger partial charge on any atom is -0.329 e. The normalized spacial score (nSPS) is 23.6. The number of benzene rings is 1. The van der Waals surface area contributed by atoms with Gasteiger partial charge in [0.25, 0.3) is 0 Å². The third-order valence-electron chi connectivity index (χ3n) is 3.61. The Hall–Kier alpha value is -0.930. The molecule has 0 bridgehead atoms. The smallest absolute Gasteiger partial charge is 0.123 e. The Balaban J connectivity index is 2.12. The first-order valence-corrected chi connectivity index (χ1v) is 6.40. The molecule has 0 amide bonds. The van der Waals surface area contributed by atoms with Crippen molar-refractivity contribution in [2.75, 3.05) is 19.6 Å². The number of halogens is 1. The molecule has 0 spiro atoms. The van der Waals surface area contributed by atoms with E-state index >= 15 is 0 Å². The van der Waals surface area contributed by atoms with E-state index in [2.05, 4.69) is 11.8 Å². The van der Waals surface area contributed by atoms with Crippen LogP contribution in [0.15, 0.2) is 24.3 Å². The van der Waals surface area contributed by atoms with E-state index in [1.165, 1.54) is 25.0 Å². The Bertz CT molecular complexity index is 350. The fourth-order valence-corrected chi connectivity index (χ4v) is 2.69. The average molecular weight is 236 g/mol. The summed E-state index contributed by atoms with van der Waals surface area (Å²) in [5.74, 6) is 0.551. The molecule has 94 valence electrons. The molecule has 1 aromatic carbocycles. The van der Waals surface area contributed by atoms with Gasteiger partial charge in [0, 0.05) is 19.1 Å². The van der Waals surface area contributed by atoms with E-state index < -0.39 is 0 Å². The molecule has 1 fully saturated rings. The summed E-state index contributed by atoms with van der Waals surface area (Å²) in [4.78, 5) is 2.43. The van der Waals surface area contributed by atoms with Crippen LogP contribution in [0.2, 0.25) is 0 Å². The zero-order valence-electron chi connectivity index (χ0n) is 10.4. The second-order valence-electron chi connectivity index (χ2n) is 5.05. The highest BCUT2D eigenvalue weighted by molar-refractivity contribution is 5.20. The van der Waals surface area contributed by atoms with Gasteiger partial charge in [-0.1, -0.05) is 19.1 Å². The number of hydrogen-bond donors (Lipinski definition) is 1. The molecular formula is C14H21FN2. The van der Waals surface area contributed by atoms with Crippen LogP contribution >= 0.6 is 0 Å². The molecule has 2 rings (SSSR count). The van der Waals surface area contributed by atoms with Crippen LogP contribution in [0.4, 0.5) is 4.39 Å². The van der Waals surface area contributed by atoms with Gasteiger partial charge in [0.1, 0.15) is 5.82 Å². The Labute approximate surface area is 103 Å². The van der Waals surface area contributed by atoms with Gasteiger partial charge in [0.15, 0.2) is 0 Å². The maximum Gasteiger partial charge on any atom is 0.123 e. The second-order valence-corrected chi connectivity index (χ2v) is 5.05. The molecule has 0 saturated carbocycles. The van der Waals surface area contributed by atoms with Gasteiger partial charge in [-0.05, 0) is 43.0 Å². The summed E-state index contributed by atoms with van der Waals surface area (Å²) in [6.45, 7) is 5.07. The van der Waals surface area contributed by atoms with E-state index in [1.54, 1.807) is 0 Å². The van der Waals surface area contributed by atoms with E-state index in [0.717, 1.165) is 24.6 Å². The molecule has 1 aliphatic heterocycles. The number of nitrogens with zero attached hydrogens (tertiary/aromatic N) is 1. The third kappa shape index (κ3) is 3.05. The zero-order chi connectivity index (χ0) is 12.3. The van der Waals surface area contributed by atoms with Crippen LogP contribution in [0, 0.1) is 11.7 Å². The summed E-state index contributed by atoms with van der Waals surface area (Å²) >= 11 is 0. The molecule has 1 aliphatic rings. The molecule has 0 aliphatic carbocycles. The van der Waals surface area contributed by atoms with Crippen molar-refractivity contribution in [1.82, 2.24) is 4.90 Å². The monoisotopic (exact) mass is 236 g/mol. The maximum absolute atomic E-state index is 12.9. The minimum atomic E-state index is -0.184. The summed E-state index contributed by atoms with van der Waals surface area (Å²) in [5, 5.41) is 0. The summed E-state index contributed by atoms with van der Waals surface area (Å²) in [6.07, 6.45) is 2.54. The lowest BCUT2D eigenvalue weighted by Gasteiger charge is -2.37. The fourth-order valence-electron chi connectivity index (χ4n) is 2.69. The number of hydrogen-bond acceptors (Lipinski definition) is 2. The molecule has 0 unspecified atom stereocenters. The van der Waals surface area contributed by atoms with Gasteiger partial charge >= 0.3 is 0 Å². The standard InChI is InChI=1S/C14H21FN2/c1-11-3-2-8-17(10-11)14(9-16)12-4-6-13(15)7-5-12/h4-7,11,14H,2-3,8-10,16H2,1H3/t11-,14-/m1/s1. The van der Waals surface area contributed by atoms with Crippen molar-refractivity contribution in [3.8, 4) is 0 Å². The predicted molar refractivity (Wildman–Crippen MR) is 68.2 cm³/mol. The summed E-state index contributed by atoms with van der Waals surface area (Å²) < 4.78 is 12.9. The molecule has 1 saturated heterocycles. The van der Waals surface area contributed by atoms with Crippen molar-refractivity contribution in [2.45, 2.75) is 25.8 Å². The van der Waals surface area contributed by atoms with Crippen LogP contribution in [-0.2, 0) is 0 Å². The Morgan fingerprint density at radius 2 is 2.12 bits per heavy atom. The molecule has 1 heterocycles. The molecule has 17 heavy (non-hydrogen) atoms. The Morgan fingerprint density at radius 1 is 1.41 bits per heavy atom. The molecule has 2 nitrogen and oxygen atoms in total. The van der Waals surface area contributed by atoms with Crippen molar-refractivity contribution in [2.24, 2.45) is 11.7 Å². The SMILES string of the molecule is C[C@@H]1CCCN([C@H](CN)c2ccc(F)cc2)C1. The quantitative estimate of drug-likeness (QED) is 0.874. The summed E-state index contributed by atoms with van der Waals surface area (Å²) in [5.41, 5.74) is 7.01. The number of likely N-dealkylation sites (tertiary alicyclic amines) is 1. The molecular weight excluding hydrogens is 215 g/mol. The van der Waals surface area contributed by atoms with Gasteiger partial charge in [0.2, 0.25) is 0 Å². The zero-order valence-corrected chi connectivity index (χ0v) is 10.4.